The Labute approximate surface area is 168 Å². The molecule has 0 saturated heterocycles. The molecule has 28 heavy (non-hydrogen) atoms. The van der Waals surface area contributed by atoms with Gasteiger partial charge < -0.3 is 4.74 Å². The standard InChI is InChI=1S/C23H22N2O2S/c1-16-8-10-18(11-9-16)19-15-28-22-21(19)23(26)25(12-13-27-2)20(24-22)14-17-6-4-3-5-7-17/h3-11,15H,12-14H2,1-2H3. The van der Waals surface area contributed by atoms with Crippen LogP contribution in [0.1, 0.15) is 17.0 Å². The second kappa shape index (κ2) is 8.09. The molecule has 2 aromatic carbocycles. The zero-order valence-electron chi connectivity index (χ0n) is 16.0. The fraction of sp³-hybridized carbons (Fsp3) is 0.217. The number of methoxy groups -OCH3 is 1. The predicted octanol–water partition coefficient (Wildman–Crippen LogP) is 4.67. The normalized spacial score (nSPS) is 11.2. The molecule has 5 heteroatoms. The third kappa shape index (κ3) is 3.63. The van der Waals surface area contributed by atoms with Crippen molar-refractivity contribution in [1.82, 2.24) is 9.55 Å². The number of nitrogens with zero attached hydrogens (tertiary/aromatic N) is 2. The third-order valence-electron chi connectivity index (χ3n) is 4.86. The molecular weight excluding hydrogens is 368 g/mol. The lowest BCUT2D eigenvalue weighted by Crippen LogP contribution is -2.27. The zero-order valence-corrected chi connectivity index (χ0v) is 16.8. The summed E-state index contributed by atoms with van der Waals surface area (Å²) in [5.41, 5.74) is 4.34. The van der Waals surface area contributed by atoms with E-state index in [1.807, 2.05) is 23.6 Å². The van der Waals surface area contributed by atoms with Crippen molar-refractivity contribution in [2.75, 3.05) is 13.7 Å². The van der Waals surface area contributed by atoms with Crippen molar-refractivity contribution in [3.8, 4) is 11.1 Å². The average Bonchev–Trinajstić information content (AvgIpc) is 3.13. The maximum atomic E-state index is 13.4. The summed E-state index contributed by atoms with van der Waals surface area (Å²) in [4.78, 5) is 19.1. The summed E-state index contributed by atoms with van der Waals surface area (Å²) in [5, 5.41) is 2.73. The molecule has 0 fully saturated rings. The molecule has 0 unspecified atom stereocenters. The first kappa shape index (κ1) is 18.6. The van der Waals surface area contributed by atoms with Gasteiger partial charge >= 0.3 is 0 Å². The molecule has 0 atom stereocenters. The summed E-state index contributed by atoms with van der Waals surface area (Å²) in [6.45, 7) is 3.02. The summed E-state index contributed by atoms with van der Waals surface area (Å²) in [6, 6.07) is 18.4. The first-order valence-electron chi connectivity index (χ1n) is 9.28. The maximum absolute atomic E-state index is 13.4. The van der Waals surface area contributed by atoms with Gasteiger partial charge in [0.2, 0.25) is 0 Å². The largest absolute Gasteiger partial charge is 0.383 e. The fourth-order valence-electron chi connectivity index (χ4n) is 3.34. The summed E-state index contributed by atoms with van der Waals surface area (Å²) >= 11 is 1.53. The van der Waals surface area contributed by atoms with Crippen LogP contribution < -0.4 is 5.56 Å². The van der Waals surface area contributed by atoms with Crippen LogP contribution >= 0.6 is 11.3 Å². The molecule has 0 radical (unpaired) electrons. The van der Waals surface area contributed by atoms with E-state index in [1.165, 1.54) is 16.9 Å². The van der Waals surface area contributed by atoms with Gasteiger partial charge in [0.15, 0.2) is 0 Å². The fourth-order valence-corrected chi connectivity index (χ4v) is 4.30. The zero-order chi connectivity index (χ0) is 19.5. The Morgan fingerprint density at radius 1 is 1.07 bits per heavy atom. The SMILES string of the molecule is COCCn1c(Cc2ccccc2)nc2scc(-c3ccc(C)cc3)c2c1=O. The van der Waals surface area contributed by atoms with Crippen LogP contribution in [-0.4, -0.2) is 23.3 Å². The molecule has 0 N–H and O–H groups in total. The molecule has 4 rings (SSSR count). The molecule has 4 nitrogen and oxygen atoms in total. The molecule has 0 spiro atoms. The molecule has 0 aliphatic heterocycles. The van der Waals surface area contributed by atoms with E-state index < -0.39 is 0 Å². The van der Waals surface area contributed by atoms with Gasteiger partial charge in [-0.2, -0.15) is 0 Å². The molecule has 142 valence electrons. The first-order chi connectivity index (χ1) is 13.7. The molecule has 4 aromatic rings. The van der Waals surface area contributed by atoms with Gasteiger partial charge in [-0.3, -0.25) is 9.36 Å². The predicted molar refractivity (Wildman–Crippen MR) is 115 cm³/mol. The molecular formula is C23H22N2O2S. The highest BCUT2D eigenvalue weighted by molar-refractivity contribution is 7.17. The van der Waals surface area contributed by atoms with Crippen molar-refractivity contribution in [1.29, 1.82) is 0 Å². The second-order valence-electron chi connectivity index (χ2n) is 6.84. The van der Waals surface area contributed by atoms with E-state index in [9.17, 15) is 4.79 Å². The van der Waals surface area contributed by atoms with Gasteiger partial charge in [-0.1, -0.05) is 60.2 Å². The Morgan fingerprint density at radius 2 is 1.82 bits per heavy atom. The van der Waals surface area contributed by atoms with E-state index >= 15 is 0 Å². The van der Waals surface area contributed by atoms with Gasteiger partial charge in [-0.05, 0) is 18.1 Å². The van der Waals surface area contributed by atoms with E-state index in [2.05, 4.69) is 43.3 Å². The number of fused-ring (bicyclic) bond motifs is 1. The third-order valence-corrected chi connectivity index (χ3v) is 5.73. The highest BCUT2D eigenvalue weighted by Crippen LogP contribution is 2.31. The Balaban J connectivity index is 1.86. The van der Waals surface area contributed by atoms with Crippen LogP contribution in [0, 0.1) is 6.92 Å². The maximum Gasteiger partial charge on any atom is 0.262 e. The first-order valence-corrected chi connectivity index (χ1v) is 10.2. The summed E-state index contributed by atoms with van der Waals surface area (Å²) in [6.07, 6.45) is 0.619. The van der Waals surface area contributed by atoms with Crippen molar-refractivity contribution in [2.24, 2.45) is 0 Å². The van der Waals surface area contributed by atoms with Crippen LogP contribution in [0.4, 0.5) is 0 Å². The molecule has 2 aromatic heterocycles. The van der Waals surface area contributed by atoms with Crippen molar-refractivity contribution < 1.29 is 4.74 Å². The van der Waals surface area contributed by atoms with Crippen LogP contribution in [0.3, 0.4) is 0 Å². The monoisotopic (exact) mass is 390 g/mol. The minimum Gasteiger partial charge on any atom is -0.383 e. The average molecular weight is 391 g/mol. The van der Waals surface area contributed by atoms with Crippen molar-refractivity contribution in [3.05, 3.63) is 87.3 Å². The van der Waals surface area contributed by atoms with Crippen LogP contribution in [-0.2, 0) is 17.7 Å². The van der Waals surface area contributed by atoms with Gasteiger partial charge in [0.1, 0.15) is 10.7 Å². The van der Waals surface area contributed by atoms with Crippen LogP contribution in [0.25, 0.3) is 21.3 Å². The Kier molecular flexibility index (Phi) is 5.37. The highest BCUT2D eigenvalue weighted by Gasteiger charge is 2.17. The van der Waals surface area contributed by atoms with E-state index in [-0.39, 0.29) is 5.56 Å². The van der Waals surface area contributed by atoms with Gasteiger partial charge in [0, 0.05) is 24.5 Å². The minimum absolute atomic E-state index is 0.00445. The summed E-state index contributed by atoms with van der Waals surface area (Å²) in [5.74, 6) is 0.776. The van der Waals surface area contributed by atoms with Crippen molar-refractivity contribution >= 4 is 21.6 Å². The Morgan fingerprint density at radius 3 is 2.54 bits per heavy atom. The van der Waals surface area contributed by atoms with Gasteiger partial charge in [-0.25, -0.2) is 4.98 Å². The molecule has 0 amide bonds. The van der Waals surface area contributed by atoms with Crippen molar-refractivity contribution in [3.63, 3.8) is 0 Å². The molecule has 0 saturated carbocycles. The number of benzene rings is 2. The highest BCUT2D eigenvalue weighted by atomic mass is 32.1. The van der Waals surface area contributed by atoms with Gasteiger partial charge in [-0.15, -0.1) is 11.3 Å². The van der Waals surface area contributed by atoms with E-state index in [0.29, 0.717) is 25.0 Å². The molecule has 0 aliphatic carbocycles. The van der Waals surface area contributed by atoms with E-state index in [0.717, 1.165) is 27.3 Å². The number of aryl methyl sites for hydroxylation is 1. The molecule has 2 heterocycles. The molecule has 0 aliphatic rings. The number of hydrogen-bond acceptors (Lipinski definition) is 4. The lowest BCUT2D eigenvalue weighted by Gasteiger charge is -2.13. The topological polar surface area (TPSA) is 44.1 Å². The number of hydrogen-bond donors (Lipinski definition) is 0. The van der Waals surface area contributed by atoms with Gasteiger partial charge in [0.25, 0.3) is 5.56 Å². The number of thiophene rings is 1. The Bertz CT molecular complexity index is 1150. The van der Waals surface area contributed by atoms with Crippen LogP contribution in [0.2, 0.25) is 0 Å². The lowest BCUT2D eigenvalue weighted by atomic mass is 10.0. The lowest BCUT2D eigenvalue weighted by molar-refractivity contribution is 0.185. The van der Waals surface area contributed by atoms with E-state index in [1.54, 1.807) is 11.7 Å². The van der Waals surface area contributed by atoms with Crippen molar-refractivity contribution in [2.45, 2.75) is 19.9 Å². The number of ether oxygens (including phenoxy) is 1. The quantitative estimate of drug-likeness (QED) is 0.480. The summed E-state index contributed by atoms with van der Waals surface area (Å²) in [7, 11) is 1.65. The minimum atomic E-state index is 0.00445. The Hall–Kier alpha value is -2.76. The molecule has 0 bridgehead atoms. The van der Waals surface area contributed by atoms with Crippen LogP contribution in [0.5, 0.6) is 0 Å². The number of aromatic nitrogens is 2. The smallest absolute Gasteiger partial charge is 0.262 e. The van der Waals surface area contributed by atoms with Crippen LogP contribution in [0.15, 0.2) is 64.8 Å². The summed E-state index contributed by atoms with van der Waals surface area (Å²) < 4.78 is 7.01. The second-order valence-corrected chi connectivity index (χ2v) is 7.69. The van der Waals surface area contributed by atoms with E-state index in [4.69, 9.17) is 9.72 Å². The number of rotatable bonds is 6. The van der Waals surface area contributed by atoms with Gasteiger partial charge in [0.05, 0.1) is 18.5 Å².